The van der Waals surface area contributed by atoms with E-state index in [1.165, 1.54) is 20.6 Å². The minimum absolute atomic E-state index is 0.0824. The lowest BCUT2D eigenvalue weighted by Gasteiger charge is -2.03. The Hall–Kier alpha value is -2.74. The molecule has 1 fully saturated rings. The molecule has 0 bridgehead atoms. The SMILES string of the molecule is O=C(Cn1nc(-c2cccs2)n(-c2cccnc2)c1=O)NC1CC1. The van der Waals surface area contributed by atoms with Crippen molar-refractivity contribution in [3.63, 3.8) is 0 Å². The first-order chi connectivity index (χ1) is 11.7. The fourth-order valence-electron chi connectivity index (χ4n) is 2.43. The molecule has 3 heterocycles. The summed E-state index contributed by atoms with van der Waals surface area (Å²) in [5, 5.41) is 9.18. The second-order valence-corrected chi connectivity index (χ2v) is 6.58. The topological polar surface area (TPSA) is 81.8 Å². The number of rotatable bonds is 5. The highest BCUT2D eigenvalue weighted by Crippen LogP contribution is 2.24. The van der Waals surface area contributed by atoms with Crippen LogP contribution < -0.4 is 11.0 Å². The van der Waals surface area contributed by atoms with Gasteiger partial charge >= 0.3 is 5.69 Å². The van der Waals surface area contributed by atoms with Gasteiger partial charge in [-0.25, -0.2) is 14.0 Å². The van der Waals surface area contributed by atoms with E-state index in [-0.39, 0.29) is 24.2 Å². The zero-order valence-corrected chi connectivity index (χ0v) is 13.6. The molecule has 8 heteroatoms. The van der Waals surface area contributed by atoms with Crippen LogP contribution in [0.1, 0.15) is 12.8 Å². The molecule has 1 aliphatic rings. The number of amides is 1. The van der Waals surface area contributed by atoms with Gasteiger partial charge < -0.3 is 5.32 Å². The Labute approximate surface area is 141 Å². The molecular weight excluding hydrogens is 326 g/mol. The minimum Gasteiger partial charge on any atom is -0.352 e. The summed E-state index contributed by atoms with van der Waals surface area (Å²) >= 11 is 1.49. The van der Waals surface area contributed by atoms with Crippen LogP contribution in [-0.4, -0.2) is 31.3 Å². The molecule has 1 saturated carbocycles. The third kappa shape index (κ3) is 2.88. The summed E-state index contributed by atoms with van der Waals surface area (Å²) in [4.78, 5) is 29.7. The Morgan fingerprint density at radius 3 is 2.88 bits per heavy atom. The van der Waals surface area contributed by atoms with E-state index in [0.29, 0.717) is 11.5 Å². The van der Waals surface area contributed by atoms with E-state index in [0.717, 1.165) is 17.7 Å². The molecule has 0 spiro atoms. The highest BCUT2D eigenvalue weighted by atomic mass is 32.1. The van der Waals surface area contributed by atoms with Gasteiger partial charge in [0.15, 0.2) is 5.82 Å². The van der Waals surface area contributed by atoms with Crippen LogP contribution in [0.5, 0.6) is 0 Å². The number of carbonyl (C=O) groups excluding carboxylic acids is 1. The third-order valence-corrected chi connectivity index (χ3v) is 4.59. The minimum atomic E-state index is -0.350. The first-order valence-electron chi connectivity index (χ1n) is 7.66. The van der Waals surface area contributed by atoms with Crippen molar-refractivity contribution >= 4 is 17.2 Å². The quantitative estimate of drug-likeness (QED) is 0.761. The molecular formula is C16H15N5O2S. The zero-order chi connectivity index (χ0) is 16.5. The summed E-state index contributed by atoms with van der Waals surface area (Å²) in [5.74, 6) is 0.329. The molecule has 0 unspecified atom stereocenters. The predicted molar refractivity (Wildman–Crippen MR) is 90.1 cm³/mol. The second-order valence-electron chi connectivity index (χ2n) is 5.63. The lowest BCUT2D eigenvalue weighted by atomic mass is 10.4. The van der Waals surface area contributed by atoms with Gasteiger partial charge in [-0.15, -0.1) is 16.4 Å². The van der Waals surface area contributed by atoms with Crippen molar-refractivity contribution in [3.05, 3.63) is 52.5 Å². The monoisotopic (exact) mass is 341 g/mol. The summed E-state index contributed by atoms with van der Waals surface area (Å²) in [6, 6.07) is 7.61. The van der Waals surface area contributed by atoms with E-state index < -0.39 is 0 Å². The van der Waals surface area contributed by atoms with Gasteiger partial charge in [0, 0.05) is 12.2 Å². The average Bonchev–Trinajstić information content (AvgIpc) is 3.11. The summed E-state index contributed by atoms with van der Waals surface area (Å²) < 4.78 is 2.70. The van der Waals surface area contributed by atoms with E-state index in [1.807, 2.05) is 17.5 Å². The van der Waals surface area contributed by atoms with Crippen LogP contribution in [0, 0.1) is 0 Å². The van der Waals surface area contributed by atoms with Gasteiger partial charge in [-0.05, 0) is 36.4 Å². The smallest absolute Gasteiger partial charge is 0.351 e. The summed E-state index contributed by atoms with van der Waals surface area (Å²) in [6.45, 7) is -0.0824. The number of carbonyl (C=O) groups is 1. The third-order valence-electron chi connectivity index (χ3n) is 3.72. The maximum atomic E-state index is 12.8. The lowest BCUT2D eigenvalue weighted by Crippen LogP contribution is -2.34. The number of thiophene rings is 1. The number of pyridine rings is 1. The molecule has 0 saturated heterocycles. The van der Waals surface area contributed by atoms with Gasteiger partial charge in [0.05, 0.1) is 16.8 Å². The molecule has 7 nitrogen and oxygen atoms in total. The van der Waals surface area contributed by atoms with Crippen molar-refractivity contribution < 1.29 is 4.79 Å². The van der Waals surface area contributed by atoms with E-state index in [2.05, 4.69) is 15.4 Å². The molecule has 0 aromatic carbocycles. The molecule has 0 radical (unpaired) electrons. The molecule has 3 aromatic rings. The number of nitrogens with zero attached hydrogens (tertiary/aromatic N) is 4. The average molecular weight is 341 g/mol. The molecule has 24 heavy (non-hydrogen) atoms. The molecule has 122 valence electrons. The highest BCUT2D eigenvalue weighted by molar-refractivity contribution is 7.13. The Balaban J connectivity index is 1.76. The van der Waals surface area contributed by atoms with Crippen molar-refractivity contribution in [3.8, 4) is 16.4 Å². The van der Waals surface area contributed by atoms with Crippen molar-refractivity contribution in [2.75, 3.05) is 0 Å². The van der Waals surface area contributed by atoms with Gasteiger partial charge in [0.2, 0.25) is 5.91 Å². The molecule has 3 aromatic heterocycles. The fourth-order valence-corrected chi connectivity index (χ4v) is 3.13. The fraction of sp³-hybridized carbons (Fsp3) is 0.250. The normalized spacial score (nSPS) is 13.8. The van der Waals surface area contributed by atoms with Gasteiger partial charge in [-0.1, -0.05) is 6.07 Å². The van der Waals surface area contributed by atoms with Crippen LogP contribution in [0.3, 0.4) is 0 Å². The molecule has 0 aliphatic heterocycles. The van der Waals surface area contributed by atoms with E-state index in [4.69, 9.17) is 0 Å². The summed E-state index contributed by atoms with van der Waals surface area (Å²) in [5.41, 5.74) is 0.275. The van der Waals surface area contributed by atoms with Gasteiger partial charge in [-0.3, -0.25) is 9.78 Å². The number of nitrogens with one attached hydrogen (secondary N) is 1. The standard InChI is InChI=1S/C16H15N5O2S/c22-14(18-11-5-6-11)10-20-16(23)21(12-3-1-7-17-9-12)15(19-20)13-4-2-8-24-13/h1-4,7-9,11H,5-6,10H2,(H,18,22). The Morgan fingerprint density at radius 1 is 1.33 bits per heavy atom. The van der Waals surface area contributed by atoms with E-state index in [1.54, 1.807) is 24.5 Å². The largest absolute Gasteiger partial charge is 0.352 e. The molecule has 4 rings (SSSR count). The molecule has 1 aliphatic carbocycles. The summed E-state index contributed by atoms with van der Waals surface area (Å²) in [6.07, 6.45) is 5.26. The Kier molecular flexibility index (Phi) is 3.73. The molecule has 1 N–H and O–H groups in total. The van der Waals surface area contributed by atoms with Crippen LogP contribution in [0.2, 0.25) is 0 Å². The number of hydrogen-bond donors (Lipinski definition) is 1. The maximum absolute atomic E-state index is 12.8. The number of aromatic nitrogens is 4. The highest BCUT2D eigenvalue weighted by Gasteiger charge is 2.25. The maximum Gasteiger partial charge on any atom is 0.351 e. The van der Waals surface area contributed by atoms with Gasteiger partial charge in [-0.2, -0.15) is 0 Å². The van der Waals surface area contributed by atoms with Crippen molar-refractivity contribution in [2.24, 2.45) is 0 Å². The van der Waals surface area contributed by atoms with Gasteiger partial charge in [0.25, 0.3) is 0 Å². The van der Waals surface area contributed by atoms with Crippen LogP contribution in [0.4, 0.5) is 0 Å². The first kappa shape index (κ1) is 14.8. The van der Waals surface area contributed by atoms with Crippen LogP contribution in [0.15, 0.2) is 46.8 Å². The van der Waals surface area contributed by atoms with Crippen molar-refractivity contribution in [1.29, 1.82) is 0 Å². The Morgan fingerprint density at radius 2 is 2.21 bits per heavy atom. The van der Waals surface area contributed by atoms with Gasteiger partial charge in [0.1, 0.15) is 6.54 Å². The van der Waals surface area contributed by atoms with Crippen molar-refractivity contribution in [2.45, 2.75) is 25.4 Å². The van der Waals surface area contributed by atoms with Crippen LogP contribution in [0.25, 0.3) is 16.4 Å². The van der Waals surface area contributed by atoms with Crippen LogP contribution in [-0.2, 0) is 11.3 Å². The first-order valence-corrected chi connectivity index (χ1v) is 8.54. The second kappa shape index (κ2) is 6.04. The predicted octanol–water partition coefficient (Wildman–Crippen LogP) is 1.44. The molecule has 0 atom stereocenters. The summed E-state index contributed by atoms with van der Waals surface area (Å²) in [7, 11) is 0. The van der Waals surface area contributed by atoms with Crippen molar-refractivity contribution in [1.82, 2.24) is 24.6 Å². The van der Waals surface area contributed by atoms with Crippen LogP contribution >= 0.6 is 11.3 Å². The lowest BCUT2D eigenvalue weighted by molar-refractivity contribution is -0.122. The van der Waals surface area contributed by atoms with E-state index >= 15 is 0 Å². The molecule has 1 amide bonds. The zero-order valence-electron chi connectivity index (χ0n) is 12.8. The van der Waals surface area contributed by atoms with E-state index in [9.17, 15) is 9.59 Å². The number of hydrogen-bond acceptors (Lipinski definition) is 5. The Bertz CT molecular complexity index is 910.